The van der Waals surface area contributed by atoms with Crippen molar-refractivity contribution in [2.75, 3.05) is 6.61 Å². The van der Waals surface area contributed by atoms with Crippen LogP contribution in [0.15, 0.2) is 10.1 Å². The Morgan fingerprint density at radius 1 is 1.46 bits per heavy atom. The second-order valence-corrected chi connectivity index (χ2v) is 2.95. The Morgan fingerprint density at radius 3 is 2.23 bits per heavy atom. The first-order chi connectivity index (χ1) is 5.80. The highest BCUT2D eigenvalue weighted by Crippen LogP contribution is 2.30. The van der Waals surface area contributed by atoms with Crippen molar-refractivity contribution in [1.29, 1.82) is 0 Å². The number of allylic oxidation sites excluding steroid dienone is 1. The number of halogens is 4. The Bertz CT molecular complexity index is 232. The van der Waals surface area contributed by atoms with Gasteiger partial charge in [-0.15, -0.1) is 0 Å². The minimum absolute atomic E-state index is 0.0407. The lowest BCUT2D eigenvalue weighted by atomic mass is 10.3. The van der Waals surface area contributed by atoms with Crippen LogP contribution in [0, 0.1) is 0 Å². The highest BCUT2D eigenvalue weighted by molar-refractivity contribution is 9.12. The number of esters is 1. The first-order valence-corrected chi connectivity index (χ1v) is 4.20. The summed E-state index contributed by atoms with van der Waals surface area (Å²) in [5, 5.41) is 0. The maximum Gasteiger partial charge on any atom is 0.413 e. The number of carbonyl (C=O) groups excluding carboxylic acids is 1. The summed E-state index contributed by atoms with van der Waals surface area (Å²) in [5.41, 5.74) is -0.994. The fourth-order valence-electron chi connectivity index (χ4n) is 0.472. The predicted octanol–water partition coefficient (Wildman–Crippen LogP) is 2.78. The Labute approximate surface area is 81.9 Å². The largest absolute Gasteiger partial charge is 0.462 e. The molecule has 0 saturated carbocycles. The number of hydrogen-bond acceptors (Lipinski definition) is 2. The molecule has 0 aliphatic heterocycles. The summed E-state index contributed by atoms with van der Waals surface area (Å²) >= 11 is 2.53. The van der Waals surface area contributed by atoms with Crippen LogP contribution in [-0.4, -0.2) is 18.8 Å². The summed E-state index contributed by atoms with van der Waals surface area (Å²) in [7, 11) is 0. The molecule has 0 rings (SSSR count). The number of rotatable bonds is 2. The van der Waals surface area contributed by atoms with E-state index in [-0.39, 0.29) is 6.61 Å². The zero-order valence-electron chi connectivity index (χ0n) is 7.04. The maximum atomic E-state index is 12.0. The van der Waals surface area contributed by atoms with Crippen LogP contribution in [0.3, 0.4) is 0 Å². The van der Waals surface area contributed by atoms with Gasteiger partial charge in [0.15, 0.2) is 0 Å². The molecule has 0 N–H and O–H groups in total. The van der Waals surface area contributed by atoms with Gasteiger partial charge < -0.3 is 4.74 Å². The molecule has 0 radical (unpaired) electrons. The molecule has 13 heavy (non-hydrogen) atoms. The van der Waals surface area contributed by atoms with E-state index in [0.717, 1.165) is 6.92 Å². The van der Waals surface area contributed by atoms with Gasteiger partial charge in [0.05, 0.1) is 12.2 Å². The van der Waals surface area contributed by atoms with Crippen molar-refractivity contribution in [2.24, 2.45) is 0 Å². The zero-order valence-corrected chi connectivity index (χ0v) is 8.62. The summed E-state index contributed by atoms with van der Waals surface area (Å²) in [6.07, 6.45) is -4.51. The van der Waals surface area contributed by atoms with E-state index in [9.17, 15) is 18.0 Å². The summed E-state index contributed by atoms with van der Waals surface area (Å²) in [4.78, 5) is 10.8. The molecule has 0 aliphatic rings. The second kappa shape index (κ2) is 4.64. The van der Waals surface area contributed by atoms with Crippen LogP contribution in [-0.2, 0) is 9.53 Å². The summed E-state index contributed by atoms with van der Waals surface area (Å²) in [6.45, 7) is 2.36. The normalized spacial score (nSPS) is 13.7. The number of carbonyl (C=O) groups is 1. The Hall–Kier alpha value is -0.520. The highest BCUT2D eigenvalue weighted by Gasteiger charge is 2.34. The minimum atomic E-state index is -4.51. The third kappa shape index (κ3) is 3.80. The minimum Gasteiger partial charge on any atom is -0.462 e. The molecular weight excluding hydrogens is 253 g/mol. The fourth-order valence-corrected chi connectivity index (χ4v) is 0.811. The van der Waals surface area contributed by atoms with Crippen LogP contribution in [0.2, 0.25) is 0 Å². The van der Waals surface area contributed by atoms with Gasteiger partial charge >= 0.3 is 12.1 Å². The van der Waals surface area contributed by atoms with Crippen LogP contribution in [0.25, 0.3) is 0 Å². The molecule has 0 aromatic heterocycles. The lowest BCUT2D eigenvalue weighted by Gasteiger charge is -2.08. The monoisotopic (exact) mass is 260 g/mol. The second-order valence-electron chi connectivity index (χ2n) is 2.16. The van der Waals surface area contributed by atoms with Gasteiger partial charge in [-0.3, -0.25) is 0 Å². The first-order valence-electron chi connectivity index (χ1n) is 3.41. The first kappa shape index (κ1) is 12.5. The van der Waals surface area contributed by atoms with Gasteiger partial charge in [0.25, 0.3) is 0 Å². The Balaban J connectivity index is 4.72. The quantitative estimate of drug-likeness (QED) is 0.564. The number of ether oxygens (including phenoxy) is 1. The van der Waals surface area contributed by atoms with Crippen molar-refractivity contribution in [1.82, 2.24) is 0 Å². The van der Waals surface area contributed by atoms with E-state index < -0.39 is 22.2 Å². The summed E-state index contributed by atoms with van der Waals surface area (Å²) in [5.74, 6) is -1.00. The average molecular weight is 261 g/mol. The van der Waals surface area contributed by atoms with Gasteiger partial charge in [0.1, 0.15) is 4.48 Å². The molecule has 0 fully saturated rings. The summed E-state index contributed by atoms with van der Waals surface area (Å²) in [6, 6.07) is 0. The lowest BCUT2D eigenvalue weighted by molar-refractivity contribution is -0.138. The summed E-state index contributed by atoms with van der Waals surface area (Å²) < 4.78 is 39.8. The van der Waals surface area contributed by atoms with E-state index in [1.165, 1.54) is 6.92 Å². The van der Waals surface area contributed by atoms with E-state index in [2.05, 4.69) is 20.7 Å². The zero-order chi connectivity index (χ0) is 10.6. The standard InChI is InChI=1S/C7H8BrF3O2/c1-3-13-6(12)5(8)4(2)7(9,10)11/h3H2,1-2H3/b5-4-. The molecule has 0 heterocycles. The highest BCUT2D eigenvalue weighted by atomic mass is 79.9. The third-order valence-corrected chi connectivity index (χ3v) is 2.13. The average Bonchev–Trinajstić information content (AvgIpc) is 2.00. The molecule has 0 aromatic carbocycles. The van der Waals surface area contributed by atoms with E-state index in [1.807, 2.05) is 0 Å². The Kier molecular flexibility index (Phi) is 4.46. The van der Waals surface area contributed by atoms with Crippen molar-refractivity contribution in [3.8, 4) is 0 Å². The molecule has 0 saturated heterocycles. The molecule has 0 spiro atoms. The SMILES string of the molecule is CCOC(=O)/C(Br)=C(\C)C(F)(F)F. The molecule has 2 nitrogen and oxygen atoms in total. The third-order valence-electron chi connectivity index (χ3n) is 1.21. The van der Waals surface area contributed by atoms with Gasteiger partial charge in [-0.05, 0) is 29.8 Å². The molecule has 0 atom stereocenters. The molecule has 76 valence electrons. The van der Waals surface area contributed by atoms with Crippen molar-refractivity contribution in [3.63, 3.8) is 0 Å². The van der Waals surface area contributed by atoms with Gasteiger partial charge in [-0.25, -0.2) is 4.79 Å². The van der Waals surface area contributed by atoms with Crippen molar-refractivity contribution < 1.29 is 22.7 Å². The fraction of sp³-hybridized carbons (Fsp3) is 0.571. The van der Waals surface area contributed by atoms with Gasteiger partial charge in [0, 0.05) is 0 Å². The molecule has 0 bridgehead atoms. The molecule has 0 amide bonds. The van der Waals surface area contributed by atoms with E-state index >= 15 is 0 Å². The molecular formula is C7H8BrF3O2. The number of alkyl halides is 3. The molecule has 0 aromatic rings. The van der Waals surface area contributed by atoms with Gasteiger partial charge in [-0.1, -0.05) is 0 Å². The van der Waals surface area contributed by atoms with Crippen molar-refractivity contribution >= 4 is 21.9 Å². The van der Waals surface area contributed by atoms with Crippen LogP contribution in [0.4, 0.5) is 13.2 Å². The van der Waals surface area contributed by atoms with Gasteiger partial charge in [-0.2, -0.15) is 13.2 Å². The van der Waals surface area contributed by atoms with Crippen LogP contribution in [0.5, 0.6) is 0 Å². The van der Waals surface area contributed by atoms with Gasteiger partial charge in [0.2, 0.25) is 0 Å². The molecule has 0 aliphatic carbocycles. The van der Waals surface area contributed by atoms with Crippen LogP contribution < -0.4 is 0 Å². The smallest absolute Gasteiger partial charge is 0.413 e. The lowest BCUT2D eigenvalue weighted by Crippen LogP contribution is -2.15. The maximum absolute atomic E-state index is 12.0. The van der Waals surface area contributed by atoms with E-state index in [4.69, 9.17) is 0 Å². The van der Waals surface area contributed by atoms with Crippen LogP contribution in [0.1, 0.15) is 13.8 Å². The molecule has 0 unspecified atom stereocenters. The predicted molar refractivity (Wildman–Crippen MR) is 44.3 cm³/mol. The van der Waals surface area contributed by atoms with Crippen molar-refractivity contribution in [2.45, 2.75) is 20.0 Å². The Morgan fingerprint density at radius 2 is 1.92 bits per heavy atom. The van der Waals surface area contributed by atoms with Crippen molar-refractivity contribution in [3.05, 3.63) is 10.1 Å². The van der Waals surface area contributed by atoms with E-state index in [0.29, 0.717) is 0 Å². The molecule has 6 heteroatoms. The number of hydrogen-bond donors (Lipinski definition) is 0. The van der Waals surface area contributed by atoms with Crippen LogP contribution >= 0.6 is 15.9 Å². The topological polar surface area (TPSA) is 26.3 Å². The van der Waals surface area contributed by atoms with E-state index in [1.54, 1.807) is 0 Å².